The van der Waals surface area contributed by atoms with E-state index in [1.54, 1.807) is 0 Å². The molecule has 3 aliphatic rings. The van der Waals surface area contributed by atoms with Crippen molar-refractivity contribution in [3.8, 4) is 0 Å². The second kappa shape index (κ2) is 9.18. The molecule has 2 aliphatic carbocycles. The molecule has 7 heteroatoms. The number of rotatable bonds is 4. The molecule has 0 radical (unpaired) electrons. The van der Waals surface area contributed by atoms with Gasteiger partial charge < -0.3 is 19.9 Å². The number of ether oxygens (including phenoxy) is 1. The van der Waals surface area contributed by atoms with Crippen molar-refractivity contribution < 1.29 is 9.53 Å². The summed E-state index contributed by atoms with van der Waals surface area (Å²) in [6.45, 7) is 10.8. The minimum atomic E-state index is -0.438. The van der Waals surface area contributed by atoms with Crippen LogP contribution >= 0.6 is 24.0 Å². The largest absolute Gasteiger partial charge is 0.444 e. The molecule has 0 aromatic heterocycles. The highest BCUT2D eigenvalue weighted by atomic mass is 127. The van der Waals surface area contributed by atoms with E-state index in [0.29, 0.717) is 12.0 Å². The van der Waals surface area contributed by atoms with Crippen LogP contribution in [0.2, 0.25) is 0 Å². The van der Waals surface area contributed by atoms with Crippen molar-refractivity contribution in [3.63, 3.8) is 0 Å². The van der Waals surface area contributed by atoms with E-state index in [9.17, 15) is 4.79 Å². The van der Waals surface area contributed by atoms with Gasteiger partial charge in [0, 0.05) is 38.8 Å². The number of guanidine groups is 1. The third kappa shape index (κ3) is 6.68. The van der Waals surface area contributed by atoms with E-state index in [0.717, 1.165) is 44.4 Å². The fraction of sp³-hybridized carbons (Fsp3) is 0.900. The lowest BCUT2D eigenvalue weighted by Crippen LogP contribution is -2.53. The quantitative estimate of drug-likeness (QED) is 0.370. The lowest BCUT2D eigenvalue weighted by Gasteiger charge is -2.40. The molecule has 2 unspecified atom stereocenters. The zero-order valence-electron chi connectivity index (χ0n) is 17.5. The first-order chi connectivity index (χ1) is 12.3. The third-order valence-electron chi connectivity index (χ3n) is 5.62. The number of amides is 1. The number of aliphatic imine (C=N–C) groups is 1. The summed E-state index contributed by atoms with van der Waals surface area (Å²) in [7, 11) is 1.86. The van der Waals surface area contributed by atoms with E-state index >= 15 is 0 Å². The smallest absolute Gasteiger partial charge is 0.410 e. The molecule has 1 aliphatic heterocycles. The maximum absolute atomic E-state index is 12.7. The third-order valence-corrected chi connectivity index (χ3v) is 5.62. The zero-order valence-corrected chi connectivity index (χ0v) is 19.9. The predicted molar refractivity (Wildman–Crippen MR) is 120 cm³/mol. The molecule has 0 bridgehead atoms. The van der Waals surface area contributed by atoms with Gasteiger partial charge in [0.15, 0.2) is 5.96 Å². The predicted octanol–water partition coefficient (Wildman–Crippen LogP) is 3.70. The highest BCUT2D eigenvalue weighted by Crippen LogP contribution is 2.33. The van der Waals surface area contributed by atoms with Gasteiger partial charge in [0.05, 0.1) is 0 Å². The molecule has 0 aromatic rings. The number of nitrogens with one attached hydrogen (secondary N) is 1. The standard InChI is InChI=1S/C20H36N4O2.HI/c1-14-12-17(14)22-18(21-5)23-10-8-16(9-11-23)24(13-15-6-7-15)19(25)26-20(2,3)4;/h14-17H,6-13H2,1-5H3,(H,21,22);1H. The van der Waals surface area contributed by atoms with Crippen LogP contribution in [0.1, 0.15) is 59.8 Å². The van der Waals surface area contributed by atoms with Crippen molar-refractivity contribution in [2.75, 3.05) is 26.7 Å². The van der Waals surface area contributed by atoms with Crippen LogP contribution in [0.25, 0.3) is 0 Å². The number of likely N-dealkylation sites (tertiary alicyclic amines) is 1. The maximum Gasteiger partial charge on any atom is 0.410 e. The van der Waals surface area contributed by atoms with Crippen molar-refractivity contribution in [2.24, 2.45) is 16.8 Å². The number of nitrogens with zero attached hydrogens (tertiary/aromatic N) is 3. The maximum atomic E-state index is 12.7. The minimum Gasteiger partial charge on any atom is -0.444 e. The number of carbonyl (C=O) groups is 1. The Kier molecular flexibility index (Phi) is 7.67. The van der Waals surface area contributed by atoms with Crippen LogP contribution in [-0.4, -0.2) is 66.2 Å². The first kappa shape index (κ1) is 22.6. The second-order valence-electron chi connectivity index (χ2n) is 9.31. The molecule has 6 nitrogen and oxygen atoms in total. The van der Waals surface area contributed by atoms with Gasteiger partial charge in [-0.3, -0.25) is 4.99 Å². The molecule has 1 amide bonds. The molecular formula is C20H37IN4O2. The molecule has 2 saturated carbocycles. The van der Waals surface area contributed by atoms with Gasteiger partial charge in [-0.25, -0.2) is 4.79 Å². The van der Waals surface area contributed by atoms with Crippen molar-refractivity contribution in [1.82, 2.24) is 15.1 Å². The Balaban J connectivity index is 0.00000261. The Morgan fingerprint density at radius 2 is 1.81 bits per heavy atom. The van der Waals surface area contributed by atoms with Gasteiger partial charge in [-0.15, -0.1) is 24.0 Å². The van der Waals surface area contributed by atoms with Crippen LogP contribution in [-0.2, 0) is 4.74 Å². The van der Waals surface area contributed by atoms with Gasteiger partial charge >= 0.3 is 6.09 Å². The summed E-state index contributed by atoms with van der Waals surface area (Å²) < 4.78 is 5.69. The fourth-order valence-corrected chi connectivity index (χ4v) is 3.65. The summed E-state index contributed by atoms with van der Waals surface area (Å²) in [5.41, 5.74) is -0.438. The SMILES string of the molecule is CN=C(NC1CC1C)N1CCC(N(CC2CC2)C(=O)OC(C)(C)C)CC1.I. The van der Waals surface area contributed by atoms with E-state index in [2.05, 4.69) is 22.1 Å². The van der Waals surface area contributed by atoms with Crippen LogP contribution in [0, 0.1) is 11.8 Å². The highest BCUT2D eigenvalue weighted by Gasteiger charge is 2.37. The minimum absolute atomic E-state index is 0. The molecular weight excluding hydrogens is 455 g/mol. The number of halogens is 1. The Morgan fingerprint density at radius 1 is 1.22 bits per heavy atom. The molecule has 27 heavy (non-hydrogen) atoms. The molecule has 1 heterocycles. The van der Waals surface area contributed by atoms with Crippen molar-refractivity contribution in [1.29, 1.82) is 0 Å². The normalized spacial score (nSPS) is 26.3. The molecule has 0 aromatic carbocycles. The van der Waals surface area contributed by atoms with Crippen LogP contribution in [0.4, 0.5) is 4.79 Å². The van der Waals surface area contributed by atoms with E-state index in [4.69, 9.17) is 4.74 Å². The molecule has 1 saturated heterocycles. The van der Waals surface area contributed by atoms with E-state index < -0.39 is 5.60 Å². The molecule has 0 spiro atoms. The van der Waals surface area contributed by atoms with Gasteiger partial charge in [-0.2, -0.15) is 0 Å². The average molecular weight is 492 g/mol. The lowest BCUT2D eigenvalue weighted by atomic mass is 10.0. The monoisotopic (exact) mass is 492 g/mol. The number of carbonyl (C=O) groups excluding carboxylic acids is 1. The highest BCUT2D eigenvalue weighted by molar-refractivity contribution is 14.0. The Bertz CT molecular complexity index is 537. The number of hydrogen-bond donors (Lipinski definition) is 1. The van der Waals surface area contributed by atoms with Crippen LogP contribution in [0.3, 0.4) is 0 Å². The van der Waals surface area contributed by atoms with Gasteiger partial charge in [0.2, 0.25) is 0 Å². The summed E-state index contributed by atoms with van der Waals surface area (Å²) in [4.78, 5) is 21.6. The Morgan fingerprint density at radius 3 is 2.26 bits per heavy atom. The van der Waals surface area contributed by atoms with Gasteiger partial charge in [-0.05, 0) is 64.7 Å². The molecule has 2 atom stereocenters. The van der Waals surface area contributed by atoms with Crippen molar-refractivity contribution in [2.45, 2.75) is 77.5 Å². The number of hydrogen-bond acceptors (Lipinski definition) is 3. The first-order valence-corrected chi connectivity index (χ1v) is 10.2. The topological polar surface area (TPSA) is 57.2 Å². The summed E-state index contributed by atoms with van der Waals surface area (Å²) in [5, 5.41) is 3.57. The molecule has 1 N–H and O–H groups in total. The van der Waals surface area contributed by atoms with Gasteiger partial charge in [-0.1, -0.05) is 6.92 Å². The van der Waals surface area contributed by atoms with Gasteiger partial charge in [0.25, 0.3) is 0 Å². The second-order valence-corrected chi connectivity index (χ2v) is 9.31. The van der Waals surface area contributed by atoms with Gasteiger partial charge in [0.1, 0.15) is 5.60 Å². The van der Waals surface area contributed by atoms with Crippen molar-refractivity contribution in [3.05, 3.63) is 0 Å². The van der Waals surface area contributed by atoms with E-state index in [-0.39, 0.29) is 36.1 Å². The lowest BCUT2D eigenvalue weighted by molar-refractivity contribution is 0.00928. The molecule has 156 valence electrons. The summed E-state index contributed by atoms with van der Waals surface area (Å²) in [5.74, 6) is 2.45. The molecule has 3 fully saturated rings. The summed E-state index contributed by atoms with van der Waals surface area (Å²) >= 11 is 0. The van der Waals surface area contributed by atoms with E-state index in [1.165, 1.54) is 19.3 Å². The first-order valence-electron chi connectivity index (χ1n) is 10.2. The van der Waals surface area contributed by atoms with E-state index in [1.807, 2.05) is 32.7 Å². The fourth-order valence-electron chi connectivity index (χ4n) is 3.65. The molecule has 3 rings (SSSR count). The summed E-state index contributed by atoms with van der Waals surface area (Å²) in [6.07, 6.45) is 5.54. The Hall–Kier alpha value is -0.730. The van der Waals surface area contributed by atoms with Crippen LogP contribution in [0.5, 0.6) is 0 Å². The summed E-state index contributed by atoms with van der Waals surface area (Å²) in [6, 6.07) is 0.860. The Labute approximate surface area is 181 Å². The van der Waals surface area contributed by atoms with Crippen molar-refractivity contribution >= 4 is 36.0 Å². The number of piperidine rings is 1. The van der Waals surface area contributed by atoms with Crippen LogP contribution < -0.4 is 5.32 Å². The van der Waals surface area contributed by atoms with Crippen LogP contribution in [0.15, 0.2) is 4.99 Å². The average Bonchev–Trinajstić information content (AvgIpc) is 3.48. The zero-order chi connectivity index (χ0) is 18.9.